The molecule has 0 aliphatic heterocycles. The summed E-state index contributed by atoms with van der Waals surface area (Å²) < 4.78 is 108. The number of hydrogen-bond acceptors (Lipinski definition) is 2. The van der Waals surface area contributed by atoms with Crippen molar-refractivity contribution >= 4 is 17.3 Å². The molecule has 0 radical (unpaired) electrons. The van der Waals surface area contributed by atoms with E-state index >= 15 is 0 Å². The maximum Gasteiger partial charge on any atom is 0.418 e. The monoisotopic (exact) mass is 531 g/mol. The third-order valence-corrected chi connectivity index (χ3v) is 5.49. The van der Waals surface area contributed by atoms with Gasteiger partial charge in [-0.05, 0) is 77.6 Å². The first-order chi connectivity index (χ1) is 17.0. The Morgan fingerprint density at radius 2 is 1.49 bits per heavy atom. The summed E-state index contributed by atoms with van der Waals surface area (Å²) in [6.45, 7) is 3.49. The molecule has 0 fully saturated rings. The largest absolute Gasteiger partial charge is 0.481 e. The van der Waals surface area contributed by atoms with Crippen LogP contribution in [0.1, 0.15) is 42.9 Å². The van der Waals surface area contributed by atoms with Crippen LogP contribution in [0.15, 0.2) is 54.6 Å². The van der Waals surface area contributed by atoms with E-state index in [-0.39, 0.29) is 40.8 Å². The number of carboxylic acid groups (broad SMARTS) is 1. The van der Waals surface area contributed by atoms with Crippen LogP contribution in [-0.4, -0.2) is 11.1 Å². The zero-order valence-electron chi connectivity index (χ0n) is 19.4. The van der Waals surface area contributed by atoms with Crippen molar-refractivity contribution in [2.24, 2.45) is 5.92 Å². The Morgan fingerprint density at radius 3 is 2.05 bits per heavy atom. The highest BCUT2D eigenvalue weighted by molar-refractivity contribution is 5.80. The first-order valence-corrected chi connectivity index (χ1v) is 10.9. The van der Waals surface area contributed by atoms with E-state index in [1.807, 2.05) is 0 Å². The van der Waals surface area contributed by atoms with E-state index in [2.05, 4.69) is 5.32 Å². The van der Waals surface area contributed by atoms with Crippen LogP contribution < -0.4 is 5.32 Å². The minimum absolute atomic E-state index is 0.0596. The van der Waals surface area contributed by atoms with Crippen molar-refractivity contribution in [3.8, 4) is 11.1 Å². The first-order valence-electron chi connectivity index (χ1n) is 10.9. The van der Waals surface area contributed by atoms with Crippen molar-refractivity contribution in [3.05, 3.63) is 82.9 Å². The highest BCUT2D eigenvalue weighted by atomic mass is 19.4. The molecule has 3 nitrogen and oxygen atoms in total. The number of carbonyl (C=O) groups is 1. The fourth-order valence-corrected chi connectivity index (χ4v) is 3.88. The van der Waals surface area contributed by atoms with Crippen LogP contribution >= 0.6 is 0 Å². The van der Waals surface area contributed by atoms with Crippen LogP contribution in [0, 0.1) is 17.6 Å². The minimum atomic E-state index is -4.95. The number of carboxylic acids is 1. The molecule has 0 aliphatic carbocycles. The van der Waals surface area contributed by atoms with Gasteiger partial charge in [0.05, 0.1) is 22.7 Å². The molecule has 1 atom stereocenters. The van der Waals surface area contributed by atoms with E-state index in [0.717, 1.165) is 24.3 Å². The lowest BCUT2D eigenvalue weighted by atomic mass is 9.88. The number of halogens is 8. The van der Waals surface area contributed by atoms with Crippen molar-refractivity contribution < 1.29 is 45.0 Å². The molecule has 3 aromatic carbocycles. The van der Waals surface area contributed by atoms with E-state index in [0.29, 0.717) is 12.1 Å². The molecule has 0 amide bonds. The summed E-state index contributed by atoms with van der Waals surface area (Å²) >= 11 is 0. The fraction of sp³-hybridized carbons (Fsp3) is 0.269. The number of nitrogens with one attached hydrogen (secondary N) is 1. The van der Waals surface area contributed by atoms with Gasteiger partial charge in [0.15, 0.2) is 0 Å². The van der Waals surface area contributed by atoms with Crippen LogP contribution in [0.5, 0.6) is 0 Å². The third kappa shape index (κ3) is 6.99. The smallest absolute Gasteiger partial charge is 0.418 e. The van der Waals surface area contributed by atoms with Crippen molar-refractivity contribution in [3.63, 3.8) is 0 Å². The summed E-state index contributed by atoms with van der Waals surface area (Å²) in [5.74, 6) is -4.90. The molecule has 0 saturated carbocycles. The fourth-order valence-electron chi connectivity index (χ4n) is 3.88. The van der Waals surface area contributed by atoms with Gasteiger partial charge < -0.3 is 10.4 Å². The Balaban J connectivity index is 2.23. The van der Waals surface area contributed by atoms with E-state index in [1.165, 1.54) is 12.1 Å². The molecule has 3 aromatic rings. The summed E-state index contributed by atoms with van der Waals surface area (Å²) in [6.07, 6.45) is -9.72. The molecule has 3 rings (SSSR count). The van der Waals surface area contributed by atoms with Gasteiger partial charge in [0, 0.05) is 5.69 Å². The standard InChI is InChI=1S/C26H21F8NO2/c1-13(2)5-21(24(36)37)16-6-14(15-7-17(25(29,30)31)11-19(28)8-15)9-20(10-16)35-23-4-3-18(27)12-22(23)26(32,33)34/h3-4,6-13,21,35H,5H2,1-2H3,(H,36,37). The second-order valence-electron chi connectivity index (χ2n) is 8.90. The molecule has 0 saturated heterocycles. The van der Waals surface area contributed by atoms with Crippen LogP contribution in [0.3, 0.4) is 0 Å². The van der Waals surface area contributed by atoms with Crippen molar-refractivity contribution in [1.82, 2.24) is 0 Å². The molecule has 2 N–H and O–H groups in total. The number of rotatable bonds is 7. The lowest BCUT2D eigenvalue weighted by Crippen LogP contribution is -2.15. The average molecular weight is 531 g/mol. The summed E-state index contributed by atoms with van der Waals surface area (Å²) in [4.78, 5) is 12.0. The molecule has 0 spiro atoms. The second-order valence-corrected chi connectivity index (χ2v) is 8.90. The normalized spacial score (nSPS) is 13.1. The van der Waals surface area contributed by atoms with Gasteiger partial charge >= 0.3 is 18.3 Å². The van der Waals surface area contributed by atoms with Gasteiger partial charge in [0.25, 0.3) is 0 Å². The zero-order chi connectivity index (χ0) is 27.7. The number of aliphatic carboxylic acids is 1. The van der Waals surface area contributed by atoms with E-state index in [9.17, 15) is 45.0 Å². The summed E-state index contributed by atoms with van der Waals surface area (Å²) in [6, 6.07) is 7.30. The van der Waals surface area contributed by atoms with Gasteiger partial charge in [-0.25, -0.2) is 8.78 Å². The topological polar surface area (TPSA) is 49.3 Å². The molecule has 0 heterocycles. The van der Waals surface area contributed by atoms with E-state index in [1.54, 1.807) is 13.8 Å². The average Bonchev–Trinajstić information content (AvgIpc) is 2.76. The molecule has 11 heteroatoms. The van der Waals surface area contributed by atoms with Crippen molar-refractivity contribution in [1.29, 1.82) is 0 Å². The molecular formula is C26H21F8NO2. The second kappa shape index (κ2) is 10.4. The van der Waals surface area contributed by atoms with Crippen LogP contribution in [0.4, 0.5) is 46.5 Å². The van der Waals surface area contributed by atoms with Crippen LogP contribution in [-0.2, 0) is 17.1 Å². The van der Waals surface area contributed by atoms with E-state index in [4.69, 9.17) is 0 Å². The van der Waals surface area contributed by atoms with Crippen LogP contribution in [0.2, 0.25) is 0 Å². The summed E-state index contributed by atoms with van der Waals surface area (Å²) in [5.41, 5.74) is -3.56. The maximum absolute atomic E-state index is 14.1. The predicted molar refractivity (Wildman–Crippen MR) is 121 cm³/mol. The Kier molecular flexibility index (Phi) is 7.85. The lowest BCUT2D eigenvalue weighted by Gasteiger charge is -2.20. The third-order valence-electron chi connectivity index (χ3n) is 5.49. The Hall–Kier alpha value is -3.63. The predicted octanol–water partition coefficient (Wildman–Crippen LogP) is 8.63. The molecule has 0 aromatic heterocycles. The molecule has 37 heavy (non-hydrogen) atoms. The van der Waals surface area contributed by atoms with Crippen molar-refractivity contribution in [2.75, 3.05) is 5.32 Å². The Labute approximate surface area is 206 Å². The number of alkyl halides is 6. The Bertz CT molecular complexity index is 1300. The van der Waals surface area contributed by atoms with E-state index < -0.39 is 52.7 Å². The number of hydrogen-bond donors (Lipinski definition) is 2. The molecule has 0 bridgehead atoms. The van der Waals surface area contributed by atoms with Gasteiger partial charge in [0.1, 0.15) is 11.6 Å². The molecule has 0 aliphatic rings. The van der Waals surface area contributed by atoms with Gasteiger partial charge in [0.2, 0.25) is 0 Å². The van der Waals surface area contributed by atoms with Crippen LogP contribution in [0.25, 0.3) is 11.1 Å². The Morgan fingerprint density at radius 1 is 0.838 bits per heavy atom. The number of anilines is 2. The first kappa shape index (κ1) is 27.9. The number of benzene rings is 3. The molecule has 198 valence electrons. The molecular weight excluding hydrogens is 510 g/mol. The van der Waals surface area contributed by atoms with Crippen molar-refractivity contribution in [2.45, 2.75) is 38.5 Å². The quantitative estimate of drug-likeness (QED) is 0.300. The molecule has 1 unspecified atom stereocenters. The van der Waals surface area contributed by atoms with Gasteiger partial charge in [-0.1, -0.05) is 19.9 Å². The summed E-state index contributed by atoms with van der Waals surface area (Å²) in [7, 11) is 0. The highest BCUT2D eigenvalue weighted by Crippen LogP contribution is 2.39. The lowest BCUT2D eigenvalue weighted by molar-refractivity contribution is -0.139. The van der Waals surface area contributed by atoms with Gasteiger partial charge in [-0.2, -0.15) is 26.3 Å². The SMILES string of the molecule is CC(C)CC(C(=O)O)c1cc(Nc2ccc(F)cc2C(F)(F)F)cc(-c2cc(F)cc(C(F)(F)F)c2)c1. The highest BCUT2D eigenvalue weighted by Gasteiger charge is 2.34. The maximum atomic E-state index is 14.1. The minimum Gasteiger partial charge on any atom is -0.481 e. The van der Waals surface area contributed by atoms with Gasteiger partial charge in [-0.15, -0.1) is 0 Å². The summed E-state index contributed by atoms with van der Waals surface area (Å²) in [5, 5.41) is 12.2. The van der Waals surface area contributed by atoms with Gasteiger partial charge in [-0.3, -0.25) is 4.79 Å². The zero-order valence-corrected chi connectivity index (χ0v) is 19.4.